The molecule has 0 aliphatic carbocycles. The van der Waals surface area contributed by atoms with Gasteiger partial charge in [0.1, 0.15) is 22.5 Å². The van der Waals surface area contributed by atoms with E-state index in [0.717, 1.165) is 37.5 Å². The predicted octanol–water partition coefficient (Wildman–Crippen LogP) is 5.38. The van der Waals surface area contributed by atoms with Crippen molar-refractivity contribution in [3.8, 4) is 11.4 Å². The molecule has 0 aliphatic rings. The molecule has 0 fully saturated rings. The average molecular weight is 420 g/mol. The SMILES string of the molecule is Cc1cc(-n2nc3ccc(Sc4cccc(CO)c4)cc3n2)c(O)c(C(C)(C)C)c1. The number of fused-ring (bicyclic) bond motifs is 1. The highest BCUT2D eigenvalue weighted by atomic mass is 32.2. The van der Waals surface area contributed by atoms with E-state index in [-0.39, 0.29) is 17.8 Å². The van der Waals surface area contributed by atoms with Gasteiger partial charge in [-0.1, -0.05) is 50.7 Å². The summed E-state index contributed by atoms with van der Waals surface area (Å²) in [7, 11) is 0. The molecule has 4 rings (SSSR count). The minimum absolute atomic E-state index is 0.0261. The van der Waals surface area contributed by atoms with E-state index in [1.807, 2.05) is 61.5 Å². The summed E-state index contributed by atoms with van der Waals surface area (Å²) in [6, 6.07) is 17.7. The first kappa shape index (κ1) is 20.4. The monoisotopic (exact) mass is 419 g/mol. The van der Waals surface area contributed by atoms with Crippen molar-refractivity contribution in [1.29, 1.82) is 0 Å². The van der Waals surface area contributed by atoms with E-state index in [1.165, 1.54) is 4.80 Å². The second-order valence-electron chi connectivity index (χ2n) is 8.48. The molecule has 6 heteroatoms. The van der Waals surface area contributed by atoms with Gasteiger partial charge in [-0.05, 0) is 59.9 Å². The van der Waals surface area contributed by atoms with Gasteiger partial charge in [-0.3, -0.25) is 0 Å². The summed E-state index contributed by atoms with van der Waals surface area (Å²) in [5, 5.41) is 29.5. The Morgan fingerprint density at radius 2 is 1.67 bits per heavy atom. The Bertz CT molecular complexity index is 1230. The lowest BCUT2D eigenvalue weighted by Gasteiger charge is -2.22. The van der Waals surface area contributed by atoms with Gasteiger partial charge in [-0.25, -0.2) is 0 Å². The van der Waals surface area contributed by atoms with Crippen molar-refractivity contribution in [2.45, 2.75) is 49.5 Å². The van der Waals surface area contributed by atoms with Crippen LogP contribution < -0.4 is 0 Å². The first-order valence-electron chi connectivity index (χ1n) is 9.84. The van der Waals surface area contributed by atoms with Crippen molar-refractivity contribution >= 4 is 22.8 Å². The van der Waals surface area contributed by atoms with E-state index in [4.69, 9.17) is 0 Å². The molecular weight excluding hydrogens is 394 g/mol. The molecule has 0 radical (unpaired) electrons. The van der Waals surface area contributed by atoms with Crippen LogP contribution in [0.3, 0.4) is 0 Å². The highest BCUT2D eigenvalue weighted by molar-refractivity contribution is 7.99. The number of hydrogen-bond donors (Lipinski definition) is 2. The quantitative estimate of drug-likeness (QED) is 0.465. The minimum Gasteiger partial charge on any atom is -0.505 e. The Morgan fingerprint density at radius 1 is 0.933 bits per heavy atom. The van der Waals surface area contributed by atoms with Crippen LogP contribution in [0.4, 0.5) is 0 Å². The molecule has 3 aromatic carbocycles. The van der Waals surface area contributed by atoms with E-state index in [9.17, 15) is 10.2 Å². The molecule has 0 atom stereocenters. The molecule has 154 valence electrons. The van der Waals surface area contributed by atoms with Crippen LogP contribution >= 0.6 is 11.8 Å². The van der Waals surface area contributed by atoms with Gasteiger partial charge in [0.15, 0.2) is 0 Å². The molecule has 1 aromatic heterocycles. The molecule has 0 saturated heterocycles. The normalized spacial score (nSPS) is 11.9. The number of aromatic hydroxyl groups is 1. The zero-order valence-corrected chi connectivity index (χ0v) is 18.4. The number of aryl methyl sites for hydroxylation is 1. The first-order chi connectivity index (χ1) is 14.2. The van der Waals surface area contributed by atoms with Crippen LogP contribution in [0, 0.1) is 6.92 Å². The molecule has 5 nitrogen and oxygen atoms in total. The molecule has 0 saturated carbocycles. The fourth-order valence-electron chi connectivity index (χ4n) is 3.39. The molecule has 0 amide bonds. The van der Waals surface area contributed by atoms with Crippen LogP contribution in [0.25, 0.3) is 16.7 Å². The van der Waals surface area contributed by atoms with Crippen LogP contribution in [0.5, 0.6) is 5.75 Å². The average Bonchev–Trinajstić information content (AvgIpc) is 3.12. The molecule has 1 heterocycles. The van der Waals surface area contributed by atoms with E-state index in [0.29, 0.717) is 5.69 Å². The molecule has 2 N–H and O–H groups in total. The Hall–Kier alpha value is -2.83. The largest absolute Gasteiger partial charge is 0.505 e. The summed E-state index contributed by atoms with van der Waals surface area (Å²) in [6.45, 7) is 8.27. The van der Waals surface area contributed by atoms with Crippen LogP contribution in [0.1, 0.15) is 37.5 Å². The van der Waals surface area contributed by atoms with Crippen molar-refractivity contribution in [2.24, 2.45) is 0 Å². The zero-order chi connectivity index (χ0) is 21.5. The summed E-state index contributed by atoms with van der Waals surface area (Å²) in [5.74, 6) is 0.212. The van der Waals surface area contributed by atoms with E-state index in [2.05, 4.69) is 31.0 Å². The lowest BCUT2D eigenvalue weighted by atomic mass is 9.85. The Labute approximate surface area is 180 Å². The van der Waals surface area contributed by atoms with Crippen LogP contribution in [0.15, 0.2) is 64.4 Å². The third kappa shape index (κ3) is 4.06. The van der Waals surface area contributed by atoms with Gasteiger partial charge in [0, 0.05) is 15.4 Å². The van der Waals surface area contributed by atoms with E-state index < -0.39 is 0 Å². The Kier molecular flexibility index (Phi) is 5.30. The number of rotatable bonds is 4. The van der Waals surface area contributed by atoms with Crippen molar-refractivity contribution in [1.82, 2.24) is 15.0 Å². The third-order valence-electron chi connectivity index (χ3n) is 4.93. The topological polar surface area (TPSA) is 71.2 Å². The highest BCUT2D eigenvalue weighted by Gasteiger charge is 2.22. The van der Waals surface area contributed by atoms with Gasteiger partial charge in [0.05, 0.1) is 6.61 Å². The molecule has 0 spiro atoms. The van der Waals surface area contributed by atoms with Gasteiger partial charge in [-0.2, -0.15) is 0 Å². The van der Waals surface area contributed by atoms with Crippen LogP contribution in [-0.4, -0.2) is 25.2 Å². The summed E-state index contributed by atoms with van der Waals surface area (Å²) < 4.78 is 0. The number of benzene rings is 3. The zero-order valence-electron chi connectivity index (χ0n) is 17.5. The number of nitrogens with zero attached hydrogens (tertiary/aromatic N) is 3. The second kappa shape index (κ2) is 7.78. The van der Waals surface area contributed by atoms with Crippen molar-refractivity contribution in [3.63, 3.8) is 0 Å². The molecule has 0 aliphatic heterocycles. The Balaban J connectivity index is 1.72. The number of aliphatic hydroxyl groups excluding tert-OH is 1. The standard InChI is InChI=1S/C24H25N3O2S/c1-15-10-19(24(2,3)4)23(29)22(11-15)27-25-20-9-8-18(13-21(20)26-27)30-17-7-5-6-16(12-17)14-28/h5-13,28-29H,14H2,1-4H3. The maximum absolute atomic E-state index is 10.9. The van der Waals surface area contributed by atoms with Gasteiger partial charge in [-0.15, -0.1) is 15.0 Å². The van der Waals surface area contributed by atoms with E-state index >= 15 is 0 Å². The number of aliphatic hydroxyl groups is 1. The maximum Gasteiger partial charge on any atom is 0.146 e. The fraction of sp³-hybridized carbons (Fsp3) is 0.250. The number of phenolic OH excluding ortho intramolecular Hbond substituents is 1. The van der Waals surface area contributed by atoms with Crippen LogP contribution in [0.2, 0.25) is 0 Å². The van der Waals surface area contributed by atoms with Gasteiger partial charge in [0.2, 0.25) is 0 Å². The number of aromatic nitrogens is 3. The summed E-state index contributed by atoms with van der Waals surface area (Å²) in [6.07, 6.45) is 0. The molecule has 0 unspecified atom stereocenters. The lowest BCUT2D eigenvalue weighted by Crippen LogP contribution is -2.13. The van der Waals surface area contributed by atoms with Crippen LogP contribution in [-0.2, 0) is 12.0 Å². The lowest BCUT2D eigenvalue weighted by molar-refractivity contribution is 0.281. The smallest absolute Gasteiger partial charge is 0.146 e. The van der Waals surface area contributed by atoms with Crippen molar-refractivity contribution in [2.75, 3.05) is 0 Å². The van der Waals surface area contributed by atoms with Crippen molar-refractivity contribution in [3.05, 3.63) is 71.3 Å². The Morgan fingerprint density at radius 3 is 2.40 bits per heavy atom. The van der Waals surface area contributed by atoms with Gasteiger partial charge >= 0.3 is 0 Å². The summed E-state index contributed by atoms with van der Waals surface area (Å²) in [5.41, 5.74) is 4.73. The molecule has 4 aromatic rings. The molecular formula is C24H25N3O2S. The summed E-state index contributed by atoms with van der Waals surface area (Å²) >= 11 is 1.61. The van der Waals surface area contributed by atoms with Crippen molar-refractivity contribution < 1.29 is 10.2 Å². The van der Waals surface area contributed by atoms with Gasteiger partial charge in [0.25, 0.3) is 0 Å². The fourth-order valence-corrected chi connectivity index (χ4v) is 4.33. The summed E-state index contributed by atoms with van der Waals surface area (Å²) in [4.78, 5) is 3.61. The van der Waals surface area contributed by atoms with Gasteiger partial charge < -0.3 is 10.2 Å². The third-order valence-corrected chi connectivity index (χ3v) is 5.91. The second-order valence-corrected chi connectivity index (χ2v) is 9.62. The predicted molar refractivity (Wildman–Crippen MR) is 120 cm³/mol. The minimum atomic E-state index is -0.190. The highest BCUT2D eigenvalue weighted by Crippen LogP contribution is 2.36. The number of hydrogen-bond acceptors (Lipinski definition) is 5. The maximum atomic E-state index is 10.9. The number of phenols is 1. The molecule has 0 bridgehead atoms. The molecule has 30 heavy (non-hydrogen) atoms. The first-order valence-corrected chi connectivity index (χ1v) is 10.7. The van der Waals surface area contributed by atoms with E-state index in [1.54, 1.807) is 11.8 Å².